The van der Waals surface area contributed by atoms with Gasteiger partial charge in [-0.05, 0) is 104 Å². The topological polar surface area (TPSA) is 174 Å². The predicted octanol–water partition coefficient (Wildman–Crippen LogP) is 13.9. The van der Waals surface area contributed by atoms with Crippen LogP contribution in [0.4, 0.5) is 88.6 Å². The molecule has 16 nitrogen and oxygen atoms in total. The van der Waals surface area contributed by atoms with E-state index in [9.17, 15) is 115 Å². The maximum absolute atomic E-state index is 14.5. The Morgan fingerprint density at radius 2 is 0.673 bits per heavy atom. The standard InChI is InChI=1S/2C33H29BrF9N3O5S/c2*1-19(47)44-11-13-45(14-12-44)30(48)46-16-23(29(17-46)52(49,50)22-9-10-28(37)25(34)15-22)20-5-7-21(8-6-20)31(32(38,39)40,33(41,42)43)51-18-24-26(35)3-2-4-27(24)36/h2*2-10,15,23,29H,11-14,16-18H2,1H3/t2*23-,29+/m10/s1. The summed E-state index contributed by atoms with van der Waals surface area (Å²) in [5, 5.41) is -2.98. The minimum atomic E-state index is -6.21. The van der Waals surface area contributed by atoms with E-state index in [-0.39, 0.29) is 107 Å². The molecule has 104 heavy (non-hydrogen) atoms. The molecule has 6 amide bonds. The van der Waals surface area contributed by atoms with Crippen LogP contribution in [0.1, 0.15) is 59.1 Å². The van der Waals surface area contributed by atoms with Crippen molar-refractivity contribution in [2.24, 2.45) is 0 Å². The maximum Gasteiger partial charge on any atom is 0.430 e. The fraction of sp³-hybridized carbons (Fsp3) is 0.394. The molecule has 0 bridgehead atoms. The van der Waals surface area contributed by atoms with Gasteiger partial charge >= 0.3 is 36.8 Å². The van der Waals surface area contributed by atoms with Gasteiger partial charge in [-0.25, -0.2) is 52.8 Å². The number of urea groups is 2. The highest BCUT2D eigenvalue weighted by molar-refractivity contribution is 9.10. The van der Waals surface area contributed by atoms with Gasteiger partial charge in [0, 0.05) is 126 Å². The molecule has 4 fully saturated rings. The first-order valence-electron chi connectivity index (χ1n) is 31.0. The lowest BCUT2D eigenvalue weighted by molar-refractivity contribution is -0.393. The summed E-state index contributed by atoms with van der Waals surface area (Å²) in [5.74, 6) is -10.1. The van der Waals surface area contributed by atoms with E-state index >= 15 is 0 Å². The second-order valence-electron chi connectivity index (χ2n) is 24.5. The summed E-state index contributed by atoms with van der Waals surface area (Å²) in [6, 6.07) is 13.8. The van der Waals surface area contributed by atoms with Gasteiger partial charge in [-0.15, -0.1) is 0 Å². The van der Waals surface area contributed by atoms with Crippen molar-refractivity contribution in [3.63, 3.8) is 0 Å². The zero-order valence-electron chi connectivity index (χ0n) is 53.9. The van der Waals surface area contributed by atoms with Crippen LogP contribution < -0.4 is 0 Å². The van der Waals surface area contributed by atoms with Gasteiger partial charge in [-0.2, -0.15) is 52.7 Å². The van der Waals surface area contributed by atoms with Crippen molar-refractivity contribution in [2.45, 2.75) is 95.1 Å². The summed E-state index contributed by atoms with van der Waals surface area (Å²) < 4.78 is 323. The fourth-order valence-corrected chi connectivity index (χ4v) is 17.7. The van der Waals surface area contributed by atoms with Crippen LogP contribution in [0.15, 0.2) is 140 Å². The fourth-order valence-electron chi connectivity index (χ4n) is 12.7. The van der Waals surface area contributed by atoms with Crippen molar-refractivity contribution in [1.29, 1.82) is 0 Å². The molecule has 4 aliphatic rings. The number of likely N-dealkylation sites (tertiary alicyclic amines) is 2. The monoisotopic (exact) mass is 1660 g/mol. The Hall–Kier alpha value is -7.68. The van der Waals surface area contributed by atoms with Crippen molar-refractivity contribution >= 4 is 75.4 Å². The van der Waals surface area contributed by atoms with E-state index in [4.69, 9.17) is 0 Å². The van der Waals surface area contributed by atoms with Crippen LogP contribution in [0.25, 0.3) is 0 Å². The van der Waals surface area contributed by atoms with Crippen LogP contribution in [0.5, 0.6) is 0 Å². The molecule has 4 heterocycles. The van der Waals surface area contributed by atoms with Crippen LogP contribution in [0.2, 0.25) is 0 Å². The van der Waals surface area contributed by atoms with Crippen LogP contribution >= 0.6 is 31.9 Å². The molecule has 564 valence electrons. The molecular weight excluding hydrogens is 1600 g/mol. The molecule has 0 N–H and O–H groups in total. The largest absolute Gasteiger partial charge is 0.430 e. The molecular formula is C66H58Br2F18N6O10S2. The van der Waals surface area contributed by atoms with E-state index in [1.807, 2.05) is 0 Å². The predicted molar refractivity (Wildman–Crippen MR) is 340 cm³/mol. The number of sulfone groups is 2. The number of amides is 6. The van der Waals surface area contributed by atoms with E-state index in [0.717, 1.165) is 72.8 Å². The number of hydrogen-bond donors (Lipinski definition) is 0. The number of halogens is 20. The smallest absolute Gasteiger partial charge is 0.349 e. The SMILES string of the molecule is CC(=O)N1CCN(C(=O)N2C[C@@H](S(=O)(=O)c3ccc(F)c(Br)c3)[C@H](c3ccc(C(OCc4c(F)cccc4F)(C(F)(F)F)C(F)(F)F)cc3)C2)CC1.CC(=O)N1CCN(C(=O)N2C[C@H](c3ccc(C(OCc4c(F)cccc4F)(C(F)(F)F)C(F)(F)F)cc3)[C@@H](S(=O)(=O)c3ccc(F)c(Br)c3)C2)CC1. The van der Waals surface area contributed by atoms with Crippen LogP contribution in [-0.2, 0) is 63.2 Å². The lowest BCUT2D eigenvalue weighted by Gasteiger charge is -2.37. The number of nitrogens with zero attached hydrogens (tertiary/aromatic N) is 6. The van der Waals surface area contributed by atoms with Gasteiger partial charge in [0.2, 0.25) is 11.8 Å². The number of piperazine rings is 2. The molecule has 0 spiro atoms. The number of hydrogen-bond acceptors (Lipinski definition) is 10. The van der Waals surface area contributed by atoms with Crippen molar-refractivity contribution in [3.05, 3.63) is 199 Å². The van der Waals surface area contributed by atoms with Gasteiger partial charge in [0.15, 0.2) is 19.7 Å². The molecule has 4 atom stereocenters. The Kier molecular flexibility index (Phi) is 23.7. The molecule has 0 unspecified atom stereocenters. The summed E-state index contributed by atoms with van der Waals surface area (Å²) in [6.45, 7) is -1.05. The summed E-state index contributed by atoms with van der Waals surface area (Å²) in [6.07, 6.45) is -24.8. The van der Waals surface area contributed by atoms with E-state index < -0.39 is 173 Å². The normalized spacial score (nSPS) is 18.9. The quantitative estimate of drug-likeness (QED) is 0.0754. The molecule has 0 radical (unpaired) electrons. The zero-order chi connectivity index (χ0) is 76.8. The van der Waals surface area contributed by atoms with Gasteiger partial charge < -0.3 is 38.9 Å². The highest BCUT2D eigenvalue weighted by Crippen LogP contribution is 2.56. The number of ether oxygens (including phenoxy) is 2. The number of benzene rings is 6. The Morgan fingerprint density at radius 1 is 0.394 bits per heavy atom. The third kappa shape index (κ3) is 16.0. The average molecular weight is 1660 g/mol. The molecule has 0 saturated carbocycles. The third-order valence-corrected chi connectivity index (χ3v) is 24.0. The van der Waals surface area contributed by atoms with Gasteiger partial charge in [-0.1, -0.05) is 60.7 Å². The molecule has 38 heteroatoms. The first-order valence-corrected chi connectivity index (χ1v) is 35.6. The lowest BCUT2D eigenvalue weighted by atomic mass is 9.88. The molecule has 6 aromatic carbocycles. The zero-order valence-corrected chi connectivity index (χ0v) is 58.7. The first-order chi connectivity index (χ1) is 48.4. The Morgan fingerprint density at radius 3 is 0.933 bits per heavy atom. The first kappa shape index (κ1) is 80.4. The van der Waals surface area contributed by atoms with Crippen molar-refractivity contribution in [1.82, 2.24) is 29.4 Å². The molecule has 6 aromatic rings. The summed E-state index contributed by atoms with van der Waals surface area (Å²) in [5.41, 5.74) is -15.6. The molecule has 4 saturated heterocycles. The summed E-state index contributed by atoms with van der Waals surface area (Å²) >= 11 is 5.85. The molecule has 4 aliphatic heterocycles. The number of carbonyl (C=O) groups is 4. The van der Waals surface area contributed by atoms with E-state index in [1.54, 1.807) is 0 Å². The highest BCUT2D eigenvalue weighted by Gasteiger charge is 2.75. The lowest BCUT2D eigenvalue weighted by Crippen LogP contribution is -2.55. The van der Waals surface area contributed by atoms with Crippen molar-refractivity contribution in [2.75, 3.05) is 78.5 Å². The van der Waals surface area contributed by atoms with Crippen LogP contribution in [0, 0.1) is 34.9 Å². The maximum atomic E-state index is 14.5. The second kappa shape index (κ2) is 30.7. The minimum Gasteiger partial charge on any atom is -0.349 e. The Bertz CT molecular complexity index is 4080. The van der Waals surface area contributed by atoms with Gasteiger partial charge in [0.1, 0.15) is 34.9 Å². The Balaban J connectivity index is 0.000000241. The number of alkyl halides is 12. The average Bonchev–Trinajstić information content (AvgIpc) is 0.893. The Labute approximate surface area is 598 Å². The third-order valence-electron chi connectivity index (χ3n) is 18.4. The van der Waals surface area contributed by atoms with E-state index in [2.05, 4.69) is 41.3 Å². The molecule has 10 rings (SSSR count). The van der Waals surface area contributed by atoms with Crippen molar-refractivity contribution in [3.8, 4) is 0 Å². The van der Waals surface area contributed by atoms with E-state index in [1.165, 1.54) is 43.2 Å². The second-order valence-corrected chi connectivity index (χ2v) is 30.5. The number of rotatable bonds is 14. The summed E-state index contributed by atoms with van der Waals surface area (Å²) in [7, 11) is -8.89. The molecule has 0 aromatic heterocycles. The number of carbonyl (C=O) groups excluding carboxylic acids is 4. The molecule has 0 aliphatic carbocycles. The van der Waals surface area contributed by atoms with Gasteiger partial charge in [0.25, 0.3) is 11.2 Å². The summed E-state index contributed by atoms with van der Waals surface area (Å²) in [4.78, 5) is 58.1. The highest BCUT2D eigenvalue weighted by atomic mass is 79.9. The van der Waals surface area contributed by atoms with Crippen LogP contribution in [0.3, 0.4) is 0 Å². The van der Waals surface area contributed by atoms with Crippen LogP contribution in [-0.4, -0.2) is 184 Å². The van der Waals surface area contributed by atoms with Gasteiger partial charge in [0.05, 0.1) is 42.5 Å². The van der Waals surface area contributed by atoms with E-state index in [0.29, 0.717) is 48.5 Å². The van der Waals surface area contributed by atoms with Crippen molar-refractivity contribution < 1.29 is 125 Å². The van der Waals surface area contributed by atoms with Gasteiger partial charge in [-0.3, -0.25) is 9.59 Å². The minimum absolute atomic E-state index is 0.0615.